The van der Waals surface area contributed by atoms with Crippen LogP contribution in [-0.4, -0.2) is 0 Å². The van der Waals surface area contributed by atoms with Crippen molar-refractivity contribution >= 4 is 50.4 Å². The molecule has 1 heterocycles. The van der Waals surface area contributed by atoms with Gasteiger partial charge >= 0.3 is 0 Å². The molecule has 8 aromatic carbocycles. The summed E-state index contributed by atoms with van der Waals surface area (Å²) in [5, 5.41) is 5.05. The van der Waals surface area contributed by atoms with Gasteiger partial charge in [-0.3, -0.25) is 0 Å². The summed E-state index contributed by atoms with van der Waals surface area (Å²) in [4.78, 5) is 4.93. The van der Waals surface area contributed by atoms with E-state index in [0.717, 1.165) is 0 Å². The molecular formula is C44H29NS. The average Bonchev–Trinajstić information content (AvgIpc) is 3.13. The van der Waals surface area contributed by atoms with Crippen molar-refractivity contribution in [2.75, 3.05) is 4.90 Å². The monoisotopic (exact) mass is 603 g/mol. The van der Waals surface area contributed by atoms with Crippen molar-refractivity contribution in [3.8, 4) is 33.4 Å². The molecule has 46 heavy (non-hydrogen) atoms. The Labute approximate surface area is 273 Å². The first-order valence-electron chi connectivity index (χ1n) is 15.7. The quantitative estimate of drug-likeness (QED) is 0.197. The van der Waals surface area contributed by atoms with E-state index in [0.29, 0.717) is 0 Å². The second-order valence-electron chi connectivity index (χ2n) is 11.8. The van der Waals surface area contributed by atoms with Gasteiger partial charge in [-0.2, -0.15) is 0 Å². The Morgan fingerprint density at radius 1 is 0.348 bits per heavy atom. The molecule has 0 bridgehead atoms. The highest BCUT2D eigenvalue weighted by Crippen LogP contribution is 2.52. The molecule has 216 valence electrons. The molecule has 2 heteroatoms. The van der Waals surface area contributed by atoms with E-state index in [4.69, 9.17) is 0 Å². The van der Waals surface area contributed by atoms with Gasteiger partial charge in [0.1, 0.15) is 0 Å². The summed E-state index contributed by atoms with van der Waals surface area (Å²) >= 11 is 1.85. The van der Waals surface area contributed by atoms with Gasteiger partial charge in [0.05, 0.1) is 11.4 Å². The highest BCUT2D eigenvalue weighted by Gasteiger charge is 2.25. The normalized spacial score (nSPS) is 12.2. The molecule has 0 spiro atoms. The van der Waals surface area contributed by atoms with Gasteiger partial charge in [0, 0.05) is 15.5 Å². The summed E-state index contributed by atoms with van der Waals surface area (Å²) in [5.41, 5.74) is 11.0. The topological polar surface area (TPSA) is 3.24 Å². The summed E-state index contributed by atoms with van der Waals surface area (Å²) in [6.45, 7) is 0. The van der Waals surface area contributed by atoms with Crippen LogP contribution >= 0.6 is 11.8 Å². The highest BCUT2D eigenvalue weighted by atomic mass is 32.2. The van der Waals surface area contributed by atoms with Gasteiger partial charge in [0.15, 0.2) is 0 Å². The highest BCUT2D eigenvalue weighted by molar-refractivity contribution is 7.99. The Morgan fingerprint density at radius 2 is 0.935 bits per heavy atom. The van der Waals surface area contributed by atoms with Crippen LogP contribution in [0, 0.1) is 0 Å². The summed E-state index contributed by atoms with van der Waals surface area (Å²) in [7, 11) is 0. The van der Waals surface area contributed by atoms with Crippen molar-refractivity contribution in [2.45, 2.75) is 9.79 Å². The molecule has 9 rings (SSSR count). The Morgan fingerprint density at radius 3 is 1.72 bits per heavy atom. The second-order valence-corrected chi connectivity index (χ2v) is 12.9. The van der Waals surface area contributed by atoms with Crippen molar-refractivity contribution in [3.05, 3.63) is 176 Å². The fraction of sp³-hybridized carbons (Fsp3) is 0. The van der Waals surface area contributed by atoms with Crippen LogP contribution in [0.2, 0.25) is 0 Å². The van der Waals surface area contributed by atoms with Crippen LogP contribution in [0.25, 0.3) is 54.9 Å². The van der Waals surface area contributed by atoms with Crippen LogP contribution in [0.4, 0.5) is 17.1 Å². The first kappa shape index (κ1) is 26.8. The molecular weight excluding hydrogens is 575 g/mol. The van der Waals surface area contributed by atoms with E-state index >= 15 is 0 Å². The lowest BCUT2D eigenvalue weighted by Gasteiger charge is -2.33. The zero-order chi connectivity index (χ0) is 30.5. The van der Waals surface area contributed by atoms with Crippen LogP contribution in [0.5, 0.6) is 0 Å². The van der Waals surface area contributed by atoms with Crippen LogP contribution in [0.15, 0.2) is 186 Å². The van der Waals surface area contributed by atoms with Crippen molar-refractivity contribution in [1.82, 2.24) is 0 Å². The number of nitrogens with zero attached hydrogens (tertiary/aromatic N) is 1. The van der Waals surface area contributed by atoms with Crippen molar-refractivity contribution in [3.63, 3.8) is 0 Å². The molecule has 0 saturated heterocycles. The predicted octanol–water partition coefficient (Wildman–Crippen LogP) is 12.9. The molecule has 0 fully saturated rings. The Bertz CT molecular complexity index is 2390. The van der Waals surface area contributed by atoms with E-state index in [2.05, 4.69) is 181 Å². The van der Waals surface area contributed by atoms with Crippen LogP contribution in [0.3, 0.4) is 0 Å². The number of fused-ring (bicyclic) bond motifs is 4. The molecule has 1 nitrogen and oxygen atoms in total. The van der Waals surface area contributed by atoms with E-state index < -0.39 is 0 Å². The molecule has 1 aliphatic heterocycles. The second kappa shape index (κ2) is 11.1. The zero-order valence-corrected chi connectivity index (χ0v) is 25.9. The third kappa shape index (κ3) is 4.58. The van der Waals surface area contributed by atoms with E-state index in [9.17, 15) is 0 Å². The van der Waals surface area contributed by atoms with Gasteiger partial charge in [-0.15, -0.1) is 0 Å². The lowest BCUT2D eigenvalue weighted by molar-refractivity contribution is 1.17. The van der Waals surface area contributed by atoms with Crippen molar-refractivity contribution in [2.24, 2.45) is 0 Å². The lowest BCUT2D eigenvalue weighted by atomic mass is 9.91. The van der Waals surface area contributed by atoms with Crippen molar-refractivity contribution < 1.29 is 0 Å². The van der Waals surface area contributed by atoms with Gasteiger partial charge in [0.25, 0.3) is 0 Å². The molecule has 0 radical (unpaired) electrons. The van der Waals surface area contributed by atoms with E-state index in [1.165, 1.54) is 81.8 Å². The molecule has 0 aromatic heterocycles. The molecule has 0 saturated carbocycles. The number of benzene rings is 8. The minimum Gasteiger partial charge on any atom is -0.308 e. The molecule has 0 N–H and O–H groups in total. The standard InChI is InChI=1S/C44H29NS/c1-2-11-32(12-3-1)37-25-26-38(40-15-7-6-14-39(37)40)33-20-18-31(19-21-33)35-23-27-42-44(29-35)46-43-17-9-8-16-41(43)45(42)36-24-22-30-10-4-5-13-34(30)28-36/h1-29H. The SMILES string of the molecule is c1ccc(-c2ccc(-c3ccc(-c4ccc5c(c4)Sc4ccccc4N5c4ccc5ccccc5c4)cc3)c3ccccc23)cc1. The maximum atomic E-state index is 2.41. The fourth-order valence-corrected chi connectivity index (χ4v) is 7.89. The van der Waals surface area contributed by atoms with Gasteiger partial charge in [-0.25, -0.2) is 0 Å². The van der Waals surface area contributed by atoms with Gasteiger partial charge in [-0.05, 0) is 91.3 Å². The van der Waals surface area contributed by atoms with Crippen molar-refractivity contribution in [1.29, 1.82) is 0 Å². The predicted molar refractivity (Wildman–Crippen MR) is 197 cm³/mol. The minimum atomic E-state index is 1.18. The van der Waals surface area contributed by atoms with E-state index in [1.54, 1.807) is 0 Å². The number of rotatable bonds is 4. The smallest absolute Gasteiger partial charge is 0.0602 e. The lowest BCUT2D eigenvalue weighted by Crippen LogP contribution is -2.14. The molecule has 8 aromatic rings. The van der Waals surface area contributed by atoms with Gasteiger partial charge in [-0.1, -0.05) is 151 Å². The van der Waals surface area contributed by atoms with Gasteiger partial charge < -0.3 is 4.90 Å². The maximum absolute atomic E-state index is 2.41. The largest absolute Gasteiger partial charge is 0.308 e. The molecule has 0 unspecified atom stereocenters. The first-order valence-corrected chi connectivity index (χ1v) is 16.5. The molecule has 0 aliphatic carbocycles. The Kier molecular flexibility index (Phi) is 6.47. The third-order valence-corrected chi connectivity index (χ3v) is 10.2. The van der Waals surface area contributed by atoms with Crippen LogP contribution in [-0.2, 0) is 0 Å². The Hall–Kier alpha value is -5.57. The summed E-state index contributed by atoms with van der Waals surface area (Å²) in [6.07, 6.45) is 0. The summed E-state index contributed by atoms with van der Waals surface area (Å²) in [6, 6.07) is 64.0. The number of para-hydroxylation sites is 1. The first-order chi connectivity index (χ1) is 22.8. The van der Waals surface area contributed by atoms with E-state index in [-0.39, 0.29) is 0 Å². The molecule has 0 amide bonds. The number of anilines is 3. The third-order valence-electron chi connectivity index (χ3n) is 9.06. The number of hydrogen-bond donors (Lipinski definition) is 0. The fourth-order valence-electron chi connectivity index (χ4n) is 6.79. The maximum Gasteiger partial charge on any atom is 0.0602 e. The number of hydrogen-bond acceptors (Lipinski definition) is 2. The van der Waals surface area contributed by atoms with Crippen LogP contribution < -0.4 is 4.90 Å². The summed E-state index contributed by atoms with van der Waals surface area (Å²) < 4.78 is 0. The molecule has 0 atom stereocenters. The minimum absolute atomic E-state index is 1.18. The van der Waals surface area contributed by atoms with Crippen LogP contribution in [0.1, 0.15) is 0 Å². The average molecular weight is 604 g/mol. The molecule has 1 aliphatic rings. The van der Waals surface area contributed by atoms with E-state index in [1.807, 2.05) is 11.8 Å². The Balaban J connectivity index is 1.09. The summed E-state index contributed by atoms with van der Waals surface area (Å²) in [5.74, 6) is 0. The zero-order valence-electron chi connectivity index (χ0n) is 25.1. The van der Waals surface area contributed by atoms with Gasteiger partial charge in [0.2, 0.25) is 0 Å².